The Labute approximate surface area is 127 Å². The van der Waals surface area contributed by atoms with Gasteiger partial charge in [0.05, 0.1) is 25.8 Å². The topological polar surface area (TPSA) is 32.8 Å². The Morgan fingerprint density at radius 1 is 1.36 bits per heavy atom. The summed E-state index contributed by atoms with van der Waals surface area (Å²) < 4.78 is 42.5. The third-order valence-electron chi connectivity index (χ3n) is 3.60. The van der Waals surface area contributed by atoms with Gasteiger partial charge in [0.25, 0.3) is 0 Å². The smallest absolute Gasteiger partial charge is 0.378 e. The zero-order valence-electron chi connectivity index (χ0n) is 12.3. The Kier molecular flexibility index (Phi) is 5.42. The Morgan fingerprint density at radius 2 is 2.05 bits per heavy atom. The molecule has 122 valence electrons. The summed E-state index contributed by atoms with van der Waals surface area (Å²) in [6, 6.07) is 9.41. The average Bonchev–Trinajstić information content (AvgIpc) is 2.47. The number of carbonyl (C=O) groups is 1. The van der Waals surface area contributed by atoms with Crippen LogP contribution in [0.3, 0.4) is 0 Å². The van der Waals surface area contributed by atoms with Crippen LogP contribution in [0, 0.1) is 0 Å². The second kappa shape index (κ2) is 7.11. The molecule has 0 aliphatic carbocycles. The number of morpholine rings is 1. The van der Waals surface area contributed by atoms with Crippen molar-refractivity contribution in [2.45, 2.75) is 12.2 Å². The van der Waals surface area contributed by atoms with Gasteiger partial charge in [-0.3, -0.25) is 9.69 Å². The van der Waals surface area contributed by atoms with E-state index in [1.807, 2.05) is 35.2 Å². The van der Waals surface area contributed by atoms with Crippen LogP contribution in [0.4, 0.5) is 13.2 Å². The number of halogens is 3. The van der Waals surface area contributed by atoms with E-state index in [9.17, 15) is 18.0 Å². The van der Waals surface area contributed by atoms with Crippen LogP contribution in [0.5, 0.6) is 0 Å². The van der Waals surface area contributed by atoms with Crippen molar-refractivity contribution in [1.29, 1.82) is 0 Å². The number of likely N-dealkylation sites (N-methyl/N-ethyl adjacent to an activating group) is 1. The Hall–Kier alpha value is -1.60. The van der Waals surface area contributed by atoms with Gasteiger partial charge in [-0.25, -0.2) is 0 Å². The third kappa shape index (κ3) is 4.71. The Bertz CT molecular complexity index is 493. The van der Waals surface area contributed by atoms with Crippen LogP contribution in [-0.2, 0) is 9.53 Å². The molecule has 22 heavy (non-hydrogen) atoms. The highest BCUT2D eigenvalue weighted by Gasteiger charge is 2.33. The van der Waals surface area contributed by atoms with E-state index in [0.717, 1.165) is 10.5 Å². The molecule has 1 aromatic rings. The molecule has 4 nitrogen and oxygen atoms in total. The molecule has 1 fully saturated rings. The predicted octanol–water partition coefficient (Wildman–Crippen LogP) is 2.08. The van der Waals surface area contributed by atoms with Crippen molar-refractivity contribution in [3.8, 4) is 0 Å². The molecule has 1 saturated heterocycles. The summed E-state index contributed by atoms with van der Waals surface area (Å²) in [5, 5.41) is 0. The molecule has 0 aromatic heterocycles. The van der Waals surface area contributed by atoms with Gasteiger partial charge >= 0.3 is 6.18 Å². The monoisotopic (exact) mass is 316 g/mol. The van der Waals surface area contributed by atoms with Crippen LogP contribution in [-0.4, -0.2) is 61.8 Å². The van der Waals surface area contributed by atoms with E-state index < -0.39 is 18.6 Å². The first-order valence-electron chi connectivity index (χ1n) is 7.04. The highest BCUT2D eigenvalue weighted by Crippen LogP contribution is 2.24. The fourth-order valence-corrected chi connectivity index (χ4v) is 2.46. The van der Waals surface area contributed by atoms with Gasteiger partial charge in [-0.2, -0.15) is 13.2 Å². The molecular weight excluding hydrogens is 297 g/mol. The van der Waals surface area contributed by atoms with Gasteiger partial charge in [-0.15, -0.1) is 0 Å². The second-order valence-corrected chi connectivity index (χ2v) is 5.34. The SMILES string of the molecule is CN(CC(F)(F)F)C(=O)CN1CCOCC1c1ccccc1. The van der Waals surface area contributed by atoms with E-state index in [1.54, 1.807) is 0 Å². The van der Waals surface area contributed by atoms with E-state index in [1.165, 1.54) is 7.05 Å². The quantitative estimate of drug-likeness (QED) is 0.853. The van der Waals surface area contributed by atoms with Crippen molar-refractivity contribution in [3.63, 3.8) is 0 Å². The molecule has 7 heteroatoms. The van der Waals surface area contributed by atoms with Crippen molar-refractivity contribution in [2.24, 2.45) is 0 Å². The molecule has 0 N–H and O–H groups in total. The fraction of sp³-hybridized carbons (Fsp3) is 0.533. The molecule has 1 heterocycles. The van der Waals surface area contributed by atoms with E-state index >= 15 is 0 Å². The summed E-state index contributed by atoms with van der Waals surface area (Å²) >= 11 is 0. The van der Waals surface area contributed by atoms with Gasteiger partial charge in [0.1, 0.15) is 6.54 Å². The number of benzene rings is 1. The van der Waals surface area contributed by atoms with E-state index in [0.29, 0.717) is 19.8 Å². The molecule has 0 radical (unpaired) electrons. The number of carbonyl (C=O) groups excluding carboxylic acids is 1. The summed E-state index contributed by atoms with van der Waals surface area (Å²) in [4.78, 5) is 14.6. The van der Waals surface area contributed by atoms with Gasteiger partial charge in [0.15, 0.2) is 0 Å². The number of ether oxygens (including phenoxy) is 1. The standard InChI is InChI=1S/C15H19F3N2O2/c1-19(11-15(16,17)18)14(21)9-20-7-8-22-10-13(20)12-5-3-2-4-6-12/h2-6,13H,7-11H2,1H3. The minimum atomic E-state index is -4.38. The van der Waals surface area contributed by atoms with Gasteiger partial charge in [0.2, 0.25) is 5.91 Å². The van der Waals surface area contributed by atoms with Gasteiger partial charge in [0, 0.05) is 13.6 Å². The predicted molar refractivity (Wildman–Crippen MR) is 75.3 cm³/mol. The zero-order chi connectivity index (χ0) is 16.2. The van der Waals surface area contributed by atoms with Gasteiger partial charge in [-0.05, 0) is 5.56 Å². The molecule has 1 amide bonds. The first kappa shape index (κ1) is 16.8. The molecule has 1 aliphatic heterocycles. The van der Waals surface area contributed by atoms with Crippen molar-refractivity contribution in [3.05, 3.63) is 35.9 Å². The van der Waals surface area contributed by atoms with E-state index in [4.69, 9.17) is 4.74 Å². The van der Waals surface area contributed by atoms with Crippen LogP contribution >= 0.6 is 0 Å². The fourth-order valence-electron chi connectivity index (χ4n) is 2.46. The summed E-state index contributed by atoms with van der Waals surface area (Å²) in [6.45, 7) is 0.146. The van der Waals surface area contributed by atoms with E-state index in [-0.39, 0.29) is 12.6 Å². The largest absolute Gasteiger partial charge is 0.406 e. The summed E-state index contributed by atoms with van der Waals surface area (Å²) in [7, 11) is 1.17. The first-order valence-corrected chi connectivity index (χ1v) is 7.04. The van der Waals surface area contributed by atoms with E-state index in [2.05, 4.69) is 0 Å². The number of hydrogen-bond donors (Lipinski definition) is 0. The van der Waals surface area contributed by atoms with Crippen LogP contribution in [0.15, 0.2) is 30.3 Å². The molecule has 1 aliphatic rings. The summed E-state index contributed by atoms with van der Waals surface area (Å²) in [6.07, 6.45) is -4.38. The minimum absolute atomic E-state index is 0.0461. The van der Waals surface area contributed by atoms with Crippen molar-refractivity contribution >= 4 is 5.91 Å². The van der Waals surface area contributed by atoms with Crippen LogP contribution in [0.25, 0.3) is 0 Å². The number of amides is 1. The number of alkyl halides is 3. The van der Waals surface area contributed by atoms with Crippen molar-refractivity contribution in [2.75, 3.05) is 39.9 Å². The lowest BCUT2D eigenvalue weighted by atomic mass is 10.0. The molecule has 1 unspecified atom stereocenters. The summed E-state index contributed by atoms with van der Waals surface area (Å²) in [5.41, 5.74) is 0.994. The van der Waals surface area contributed by atoms with Crippen molar-refractivity contribution in [1.82, 2.24) is 9.80 Å². The van der Waals surface area contributed by atoms with Gasteiger partial charge < -0.3 is 9.64 Å². The maximum absolute atomic E-state index is 12.4. The highest BCUT2D eigenvalue weighted by atomic mass is 19.4. The number of rotatable bonds is 4. The van der Waals surface area contributed by atoms with Crippen LogP contribution in [0.2, 0.25) is 0 Å². The maximum Gasteiger partial charge on any atom is 0.406 e. The molecule has 0 spiro atoms. The number of nitrogens with zero attached hydrogens (tertiary/aromatic N) is 2. The highest BCUT2D eigenvalue weighted by molar-refractivity contribution is 5.78. The third-order valence-corrected chi connectivity index (χ3v) is 3.60. The van der Waals surface area contributed by atoms with Crippen LogP contribution < -0.4 is 0 Å². The molecule has 1 aromatic carbocycles. The van der Waals surface area contributed by atoms with Crippen LogP contribution in [0.1, 0.15) is 11.6 Å². The normalized spacial score (nSPS) is 19.9. The minimum Gasteiger partial charge on any atom is -0.378 e. The van der Waals surface area contributed by atoms with Gasteiger partial charge in [-0.1, -0.05) is 30.3 Å². The van der Waals surface area contributed by atoms with Crippen molar-refractivity contribution < 1.29 is 22.7 Å². The lowest BCUT2D eigenvalue weighted by Gasteiger charge is -2.36. The lowest BCUT2D eigenvalue weighted by molar-refractivity contribution is -0.160. The lowest BCUT2D eigenvalue weighted by Crippen LogP contribution is -2.47. The molecule has 0 saturated carbocycles. The Balaban J connectivity index is 2.01. The second-order valence-electron chi connectivity index (χ2n) is 5.34. The zero-order valence-corrected chi connectivity index (χ0v) is 12.3. The molecular formula is C15H19F3N2O2. The molecule has 2 rings (SSSR count). The maximum atomic E-state index is 12.4. The first-order chi connectivity index (χ1) is 10.4. The number of hydrogen-bond acceptors (Lipinski definition) is 3. The summed E-state index contributed by atoms with van der Waals surface area (Å²) in [5.74, 6) is -0.542. The Morgan fingerprint density at radius 3 is 2.68 bits per heavy atom. The average molecular weight is 316 g/mol. The molecule has 0 bridgehead atoms. The molecule has 1 atom stereocenters.